The van der Waals surface area contributed by atoms with Gasteiger partial charge in [-0.05, 0) is 93.5 Å². The first kappa shape index (κ1) is 22.6. The molecule has 3 nitrogen and oxygen atoms in total. The molecule has 4 fully saturated rings. The Morgan fingerprint density at radius 3 is 2.43 bits per heavy atom. The van der Waals surface area contributed by atoms with Crippen LogP contribution in [0.1, 0.15) is 104 Å². The van der Waals surface area contributed by atoms with E-state index in [0.29, 0.717) is 22.8 Å². The number of piperidine rings is 1. The average Bonchev–Trinajstić information content (AvgIpc) is 3.08. The van der Waals surface area contributed by atoms with Crippen LogP contribution < -0.4 is 0 Å². The number of likely N-dealkylation sites (tertiary alicyclic amines) is 1. The summed E-state index contributed by atoms with van der Waals surface area (Å²) >= 11 is 0. The van der Waals surface area contributed by atoms with Gasteiger partial charge >= 0.3 is 0 Å². The van der Waals surface area contributed by atoms with Crippen molar-refractivity contribution < 1.29 is 4.79 Å². The first-order valence-electron chi connectivity index (χ1n) is 13.3. The molecule has 30 heavy (non-hydrogen) atoms. The Labute approximate surface area is 186 Å². The van der Waals surface area contributed by atoms with Crippen molar-refractivity contribution >= 4 is 5.91 Å². The summed E-state index contributed by atoms with van der Waals surface area (Å²) < 4.78 is 0. The summed E-state index contributed by atoms with van der Waals surface area (Å²) in [5.74, 6) is 3.03. The van der Waals surface area contributed by atoms with Crippen molar-refractivity contribution in [3.63, 3.8) is 0 Å². The van der Waals surface area contributed by atoms with E-state index in [9.17, 15) is 4.79 Å². The van der Waals surface area contributed by atoms with Crippen LogP contribution in [0.5, 0.6) is 0 Å². The van der Waals surface area contributed by atoms with Crippen LogP contribution in [0.2, 0.25) is 0 Å². The summed E-state index contributed by atoms with van der Waals surface area (Å²) in [7, 11) is 4.50. The second-order valence-electron chi connectivity index (χ2n) is 12.0. The Morgan fingerprint density at radius 1 is 0.933 bits per heavy atom. The van der Waals surface area contributed by atoms with E-state index in [4.69, 9.17) is 0 Å². The first-order chi connectivity index (χ1) is 14.3. The smallest absolute Gasteiger partial charge is 0.222 e. The lowest BCUT2D eigenvalue weighted by Gasteiger charge is -2.62. The Bertz CT molecular complexity index is 620. The Hall–Kier alpha value is -0.570. The SMILES string of the molecule is CCCCCCCN(C)[C@H]1CC[C@H]2[C@@H]3CC[C@H]4N(C)C(=O)CC[C@]4(C)[C@H]3CC[C@]12C. The lowest BCUT2D eigenvalue weighted by atomic mass is 9.47. The molecule has 0 unspecified atom stereocenters. The third kappa shape index (κ3) is 3.65. The third-order valence-electron chi connectivity index (χ3n) is 10.7. The predicted octanol–water partition coefficient (Wildman–Crippen LogP) is 6.12. The third-order valence-corrected chi connectivity index (χ3v) is 10.7. The van der Waals surface area contributed by atoms with E-state index in [2.05, 4.69) is 44.7 Å². The van der Waals surface area contributed by atoms with Crippen molar-refractivity contribution in [3.8, 4) is 0 Å². The molecule has 3 saturated carbocycles. The van der Waals surface area contributed by atoms with E-state index in [1.54, 1.807) is 0 Å². The average molecular weight is 417 g/mol. The number of nitrogens with zero attached hydrogens (tertiary/aromatic N) is 2. The minimum atomic E-state index is 0.357. The highest BCUT2D eigenvalue weighted by molar-refractivity contribution is 5.77. The van der Waals surface area contributed by atoms with Crippen molar-refractivity contribution in [1.29, 1.82) is 0 Å². The molecule has 1 amide bonds. The molecule has 0 bridgehead atoms. The molecule has 0 aromatic heterocycles. The van der Waals surface area contributed by atoms with Crippen molar-refractivity contribution in [3.05, 3.63) is 0 Å². The number of fused-ring (bicyclic) bond motifs is 5. The van der Waals surface area contributed by atoms with Crippen molar-refractivity contribution in [2.75, 3.05) is 20.6 Å². The van der Waals surface area contributed by atoms with Crippen LogP contribution in [0.3, 0.4) is 0 Å². The number of hydrogen-bond donors (Lipinski definition) is 0. The fourth-order valence-electron chi connectivity index (χ4n) is 8.97. The number of carbonyl (C=O) groups is 1. The molecule has 4 rings (SSSR count). The fourth-order valence-corrected chi connectivity index (χ4v) is 8.97. The Kier molecular flexibility index (Phi) is 6.60. The topological polar surface area (TPSA) is 23.6 Å². The summed E-state index contributed by atoms with van der Waals surface area (Å²) in [6.45, 7) is 8.80. The zero-order chi connectivity index (χ0) is 21.5. The highest BCUT2D eigenvalue weighted by atomic mass is 16.2. The van der Waals surface area contributed by atoms with Crippen molar-refractivity contribution in [1.82, 2.24) is 9.80 Å². The summed E-state index contributed by atoms with van der Waals surface area (Å²) in [5.41, 5.74) is 0.870. The van der Waals surface area contributed by atoms with Gasteiger partial charge in [0, 0.05) is 25.6 Å². The highest BCUT2D eigenvalue weighted by Gasteiger charge is 2.61. The van der Waals surface area contributed by atoms with E-state index >= 15 is 0 Å². The van der Waals surface area contributed by atoms with Crippen LogP contribution in [0.15, 0.2) is 0 Å². The van der Waals surface area contributed by atoms with Crippen LogP contribution in [0.25, 0.3) is 0 Å². The van der Waals surface area contributed by atoms with Gasteiger partial charge in [-0.1, -0.05) is 46.5 Å². The quantitative estimate of drug-likeness (QED) is 0.467. The molecule has 0 radical (unpaired) electrons. The van der Waals surface area contributed by atoms with Gasteiger partial charge in [-0.25, -0.2) is 0 Å². The van der Waals surface area contributed by atoms with E-state index in [1.165, 1.54) is 77.2 Å². The van der Waals surface area contributed by atoms with Gasteiger partial charge in [0.15, 0.2) is 0 Å². The van der Waals surface area contributed by atoms with E-state index < -0.39 is 0 Å². The van der Waals surface area contributed by atoms with Crippen molar-refractivity contribution in [2.24, 2.45) is 28.6 Å². The van der Waals surface area contributed by atoms with Crippen molar-refractivity contribution in [2.45, 2.75) is 116 Å². The van der Waals surface area contributed by atoms with Gasteiger partial charge in [0.1, 0.15) is 0 Å². The summed E-state index contributed by atoms with van der Waals surface area (Å²) in [6, 6.07) is 1.28. The normalized spacial score (nSPS) is 43.5. The van der Waals surface area contributed by atoms with E-state index in [-0.39, 0.29) is 0 Å². The summed E-state index contributed by atoms with van der Waals surface area (Å²) in [4.78, 5) is 17.3. The molecule has 3 heteroatoms. The van der Waals surface area contributed by atoms with Crippen LogP contribution in [-0.2, 0) is 4.79 Å². The van der Waals surface area contributed by atoms with E-state index in [0.717, 1.165) is 36.6 Å². The molecule has 172 valence electrons. The second kappa shape index (κ2) is 8.75. The standard InChI is InChI=1S/C27H48N2O/c1-6-7-8-9-10-19-28(4)23-14-12-21-20-11-13-24-27(3,18-16-25(30)29(24)5)22(20)15-17-26(21,23)2/h20-24H,6-19H2,1-5H3/t20-,21-,22-,23-,24+,26-,27+/m0/s1. The van der Waals surface area contributed by atoms with Crippen LogP contribution in [0.4, 0.5) is 0 Å². The second-order valence-corrected chi connectivity index (χ2v) is 12.0. The molecule has 0 N–H and O–H groups in total. The number of carbonyl (C=O) groups excluding carboxylic acids is 1. The minimum absolute atomic E-state index is 0.357. The molecule has 0 spiro atoms. The lowest BCUT2D eigenvalue weighted by molar-refractivity contribution is -0.158. The molecule has 1 saturated heterocycles. The molecule has 3 aliphatic carbocycles. The van der Waals surface area contributed by atoms with Gasteiger partial charge in [-0.3, -0.25) is 4.79 Å². The predicted molar refractivity (Wildman–Crippen MR) is 125 cm³/mol. The number of hydrogen-bond acceptors (Lipinski definition) is 2. The monoisotopic (exact) mass is 416 g/mol. The fraction of sp³-hybridized carbons (Fsp3) is 0.963. The van der Waals surface area contributed by atoms with Gasteiger partial charge in [-0.15, -0.1) is 0 Å². The van der Waals surface area contributed by atoms with Gasteiger partial charge in [0.2, 0.25) is 5.91 Å². The molecule has 1 heterocycles. The van der Waals surface area contributed by atoms with Gasteiger partial charge in [0.05, 0.1) is 0 Å². The molecule has 4 aliphatic rings. The largest absolute Gasteiger partial charge is 0.342 e. The molecular formula is C27H48N2O. The zero-order valence-corrected chi connectivity index (χ0v) is 20.6. The van der Waals surface area contributed by atoms with Crippen LogP contribution in [-0.4, -0.2) is 48.4 Å². The van der Waals surface area contributed by atoms with Gasteiger partial charge in [0.25, 0.3) is 0 Å². The van der Waals surface area contributed by atoms with Gasteiger partial charge in [-0.2, -0.15) is 0 Å². The first-order valence-corrected chi connectivity index (χ1v) is 13.3. The minimum Gasteiger partial charge on any atom is -0.342 e. The lowest BCUT2D eigenvalue weighted by Crippen LogP contribution is -2.61. The molecule has 1 aliphatic heterocycles. The molecule has 7 atom stereocenters. The van der Waals surface area contributed by atoms with E-state index in [1.807, 2.05) is 0 Å². The number of rotatable bonds is 7. The van der Waals surface area contributed by atoms with Crippen LogP contribution in [0, 0.1) is 28.6 Å². The van der Waals surface area contributed by atoms with Crippen LogP contribution >= 0.6 is 0 Å². The molecular weight excluding hydrogens is 368 g/mol. The zero-order valence-electron chi connectivity index (χ0n) is 20.6. The molecule has 0 aromatic carbocycles. The Balaban J connectivity index is 1.43. The molecule has 0 aromatic rings. The summed E-state index contributed by atoms with van der Waals surface area (Å²) in [5, 5.41) is 0. The number of unbranched alkanes of at least 4 members (excludes halogenated alkanes) is 4. The number of amides is 1. The maximum absolute atomic E-state index is 12.4. The maximum atomic E-state index is 12.4. The highest BCUT2D eigenvalue weighted by Crippen LogP contribution is 2.65. The maximum Gasteiger partial charge on any atom is 0.222 e. The van der Waals surface area contributed by atoms with Gasteiger partial charge < -0.3 is 9.80 Å². The summed E-state index contributed by atoms with van der Waals surface area (Å²) in [6.07, 6.45) is 17.1. The Morgan fingerprint density at radius 2 is 1.67 bits per heavy atom.